The molecule has 0 rings (SSSR count). The first-order valence-corrected chi connectivity index (χ1v) is 3.36. The van der Waals surface area contributed by atoms with E-state index >= 15 is 0 Å². The van der Waals surface area contributed by atoms with Gasteiger partial charge in [0, 0.05) is 7.05 Å². The quantitative estimate of drug-likeness (QED) is 0.357. The summed E-state index contributed by atoms with van der Waals surface area (Å²) < 4.78 is 0. The third-order valence-electron chi connectivity index (χ3n) is 0.905. The molecule has 0 saturated heterocycles. The monoisotopic (exact) mass is 138 g/mol. The van der Waals surface area contributed by atoms with Gasteiger partial charge >= 0.3 is 0 Å². The smallest absolute Gasteiger partial charge is 0.0883 e. The second-order valence-corrected chi connectivity index (χ2v) is 1.85. The standard InChI is InChI=1S/C8H14N2/c1-4-5-6-8(2)10-7-9-3/h5-7H,2,4H2,1,3H3,(H,9,10)/b6-5-. The Morgan fingerprint density at radius 2 is 2.40 bits per heavy atom. The number of hydrogen-bond donors (Lipinski definition) is 1. The van der Waals surface area contributed by atoms with Gasteiger partial charge in [0.25, 0.3) is 0 Å². The second kappa shape index (κ2) is 6.08. The summed E-state index contributed by atoms with van der Waals surface area (Å²) in [5.74, 6) is 0. The number of nitrogens with one attached hydrogen (secondary N) is 1. The molecule has 0 aliphatic rings. The molecular formula is C8H14N2. The van der Waals surface area contributed by atoms with E-state index in [1.807, 2.05) is 12.2 Å². The Labute approximate surface area is 62.4 Å². The number of nitrogens with zero attached hydrogens (tertiary/aromatic N) is 1. The lowest BCUT2D eigenvalue weighted by Crippen LogP contribution is -2.00. The van der Waals surface area contributed by atoms with E-state index < -0.39 is 0 Å². The van der Waals surface area contributed by atoms with Gasteiger partial charge in [0.1, 0.15) is 0 Å². The molecule has 0 unspecified atom stereocenters. The maximum Gasteiger partial charge on any atom is 0.0883 e. The topological polar surface area (TPSA) is 24.4 Å². The van der Waals surface area contributed by atoms with E-state index in [-0.39, 0.29) is 0 Å². The molecule has 0 aliphatic heterocycles. The van der Waals surface area contributed by atoms with E-state index in [0.717, 1.165) is 12.1 Å². The first kappa shape index (κ1) is 8.95. The number of hydrogen-bond acceptors (Lipinski definition) is 1. The highest BCUT2D eigenvalue weighted by molar-refractivity contribution is 5.56. The van der Waals surface area contributed by atoms with Crippen molar-refractivity contribution in [2.75, 3.05) is 7.05 Å². The summed E-state index contributed by atoms with van der Waals surface area (Å²) in [4.78, 5) is 3.96. The molecule has 0 atom stereocenters. The predicted octanol–water partition coefficient (Wildman–Crippen LogP) is 1.71. The van der Waals surface area contributed by atoms with Gasteiger partial charge in [0.15, 0.2) is 0 Å². The van der Waals surface area contributed by atoms with E-state index in [0.29, 0.717) is 0 Å². The molecule has 0 heterocycles. The van der Waals surface area contributed by atoms with E-state index in [4.69, 9.17) is 0 Å². The molecule has 2 nitrogen and oxygen atoms in total. The fraction of sp³-hybridized carbons (Fsp3) is 0.375. The van der Waals surface area contributed by atoms with Crippen LogP contribution in [0.5, 0.6) is 0 Å². The van der Waals surface area contributed by atoms with E-state index in [9.17, 15) is 0 Å². The van der Waals surface area contributed by atoms with Crippen LogP contribution in [0.25, 0.3) is 0 Å². The maximum atomic E-state index is 3.96. The summed E-state index contributed by atoms with van der Waals surface area (Å²) in [7, 11) is 1.81. The fourth-order valence-corrected chi connectivity index (χ4v) is 0.444. The van der Waals surface area contributed by atoms with Crippen molar-refractivity contribution in [3.63, 3.8) is 0 Å². The van der Waals surface area contributed by atoms with Gasteiger partial charge < -0.3 is 5.32 Å². The molecule has 0 aliphatic carbocycles. The lowest BCUT2D eigenvalue weighted by Gasteiger charge is -1.88. The van der Waals surface area contributed by atoms with Crippen LogP contribution >= 0.6 is 0 Å². The highest BCUT2D eigenvalue weighted by Crippen LogP contribution is 1.93. The Balaban J connectivity index is 3.63. The van der Waals surface area contributed by atoms with Crippen LogP contribution in [0.3, 0.4) is 0 Å². The van der Waals surface area contributed by atoms with Crippen LogP contribution < -0.4 is 5.32 Å². The van der Waals surface area contributed by atoms with Crippen LogP contribution in [0.15, 0.2) is 29.4 Å². The SMILES string of the molecule is C=C(/C=C\CC)/N=C\NC. The number of aliphatic imine (C=N–C) groups is 1. The van der Waals surface area contributed by atoms with Crippen molar-refractivity contribution in [3.05, 3.63) is 24.4 Å². The zero-order valence-electron chi connectivity index (χ0n) is 6.59. The van der Waals surface area contributed by atoms with E-state index in [2.05, 4.69) is 23.8 Å². The van der Waals surface area contributed by atoms with Crippen LogP contribution in [0, 0.1) is 0 Å². The fourth-order valence-electron chi connectivity index (χ4n) is 0.444. The minimum Gasteiger partial charge on any atom is -0.379 e. The third kappa shape index (κ3) is 5.09. The van der Waals surface area contributed by atoms with E-state index in [1.54, 1.807) is 13.4 Å². The Morgan fingerprint density at radius 3 is 2.90 bits per heavy atom. The van der Waals surface area contributed by atoms with Crippen LogP contribution in [0.1, 0.15) is 13.3 Å². The van der Waals surface area contributed by atoms with Crippen LogP contribution in [0.2, 0.25) is 0 Å². The minimum atomic E-state index is 0.774. The summed E-state index contributed by atoms with van der Waals surface area (Å²) >= 11 is 0. The molecule has 10 heavy (non-hydrogen) atoms. The lowest BCUT2D eigenvalue weighted by molar-refractivity contribution is 1.19. The molecule has 0 fully saturated rings. The van der Waals surface area contributed by atoms with Crippen LogP contribution in [0.4, 0.5) is 0 Å². The van der Waals surface area contributed by atoms with Gasteiger partial charge in [-0.2, -0.15) is 0 Å². The van der Waals surface area contributed by atoms with Gasteiger partial charge in [0.2, 0.25) is 0 Å². The Morgan fingerprint density at radius 1 is 1.70 bits per heavy atom. The molecule has 56 valence electrons. The molecule has 1 N–H and O–H groups in total. The van der Waals surface area contributed by atoms with Crippen molar-refractivity contribution in [1.29, 1.82) is 0 Å². The second-order valence-electron chi connectivity index (χ2n) is 1.85. The largest absolute Gasteiger partial charge is 0.379 e. The highest BCUT2D eigenvalue weighted by Gasteiger charge is 1.76. The van der Waals surface area contributed by atoms with Crippen molar-refractivity contribution >= 4 is 6.34 Å². The molecule has 0 aromatic rings. The van der Waals surface area contributed by atoms with Crippen molar-refractivity contribution in [2.45, 2.75) is 13.3 Å². The average Bonchev–Trinajstić information content (AvgIpc) is 1.97. The van der Waals surface area contributed by atoms with Crippen molar-refractivity contribution in [1.82, 2.24) is 5.32 Å². The molecular weight excluding hydrogens is 124 g/mol. The average molecular weight is 138 g/mol. The minimum absolute atomic E-state index is 0.774. The predicted molar refractivity (Wildman–Crippen MR) is 46.1 cm³/mol. The van der Waals surface area contributed by atoms with Gasteiger partial charge in [-0.15, -0.1) is 0 Å². The molecule has 0 aromatic carbocycles. The summed E-state index contributed by atoms with van der Waals surface area (Å²) in [6.45, 7) is 5.78. The van der Waals surface area contributed by atoms with E-state index in [1.165, 1.54) is 0 Å². The van der Waals surface area contributed by atoms with Crippen molar-refractivity contribution in [3.8, 4) is 0 Å². The molecule has 0 saturated carbocycles. The Hall–Kier alpha value is -1.05. The summed E-state index contributed by atoms with van der Waals surface area (Å²) in [5.41, 5.74) is 0.774. The number of rotatable bonds is 4. The molecule has 2 heteroatoms. The summed E-state index contributed by atoms with van der Waals surface area (Å²) in [6, 6.07) is 0. The summed E-state index contributed by atoms with van der Waals surface area (Å²) in [6.07, 6.45) is 6.56. The van der Waals surface area contributed by atoms with Crippen molar-refractivity contribution in [2.24, 2.45) is 4.99 Å². The first-order valence-electron chi connectivity index (χ1n) is 3.36. The normalized spacial score (nSPS) is 11.0. The van der Waals surface area contributed by atoms with Crippen LogP contribution in [-0.4, -0.2) is 13.4 Å². The maximum absolute atomic E-state index is 3.96. The van der Waals surface area contributed by atoms with Gasteiger partial charge in [-0.25, -0.2) is 4.99 Å². The zero-order valence-corrected chi connectivity index (χ0v) is 6.59. The highest BCUT2D eigenvalue weighted by atomic mass is 14.9. The zero-order chi connectivity index (χ0) is 7.82. The third-order valence-corrected chi connectivity index (χ3v) is 0.905. The molecule has 0 radical (unpaired) electrons. The van der Waals surface area contributed by atoms with Crippen LogP contribution in [-0.2, 0) is 0 Å². The Bertz CT molecular complexity index is 129. The molecule has 0 bridgehead atoms. The Kier molecular flexibility index (Phi) is 5.44. The van der Waals surface area contributed by atoms with Gasteiger partial charge in [0.05, 0.1) is 12.0 Å². The van der Waals surface area contributed by atoms with Gasteiger partial charge in [-0.05, 0) is 12.5 Å². The summed E-state index contributed by atoms with van der Waals surface area (Å²) in [5, 5.41) is 2.79. The lowest BCUT2D eigenvalue weighted by atomic mass is 10.4. The number of allylic oxidation sites excluding steroid dienone is 2. The molecule has 0 aromatic heterocycles. The van der Waals surface area contributed by atoms with Gasteiger partial charge in [-0.3, -0.25) is 0 Å². The first-order chi connectivity index (χ1) is 4.81. The molecule has 0 amide bonds. The van der Waals surface area contributed by atoms with Crippen molar-refractivity contribution < 1.29 is 0 Å². The molecule has 0 spiro atoms. The van der Waals surface area contributed by atoms with Gasteiger partial charge in [-0.1, -0.05) is 19.6 Å².